The van der Waals surface area contributed by atoms with Crippen LogP contribution in [0.5, 0.6) is 0 Å². The first kappa shape index (κ1) is 16.4. The number of nitrogens with zero attached hydrogens (tertiary/aromatic N) is 1. The monoisotopic (exact) mass is 346 g/mol. The largest absolute Gasteiger partial charge is 0.444 e. The van der Waals surface area contributed by atoms with Crippen molar-refractivity contribution in [3.63, 3.8) is 0 Å². The summed E-state index contributed by atoms with van der Waals surface area (Å²) in [6, 6.07) is 14.0. The van der Waals surface area contributed by atoms with Crippen molar-refractivity contribution in [2.24, 2.45) is 0 Å². The maximum absolute atomic E-state index is 12.9. The Hall–Kier alpha value is -2.51. The maximum Gasteiger partial charge on any atom is 0.240 e. The summed E-state index contributed by atoms with van der Waals surface area (Å²) in [4.78, 5) is 4.50. The molecule has 24 heavy (non-hydrogen) atoms. The molecule has 1 aromatic heterocycles. The summed E-state index contributed by atoms with van der Waals surface area (Å²) >= 11 is 0. The highest BCUT2D eigenvalue weighted by Crippen LogP contribution is 2.19. The topological polar surface area (TPSA) is 72.2 Å². The van der Waals surface area contributed by atoms with Crippen molar-refractivity contribution in [1.29, 1.82) is 0 Å². The number of benzene rings is 2. The van der Waals surface area contributed by atoms with E-state index in [1.807, 2.05) is 0 Å². The van der Waals surface area contributed by atoms with Gasteiger partial charge in [0.25, 0.3) is 0 Å². The van der Waals surface area contributed by atoms with Gasteiger partial charge >= 0.3 is 0 Å². The van der Waals surface area contributed by atoms with Crippen LogP contribution in [0.1, 0.15) is 5.69 Å². The van der Waals surface area contributed by atoms with Crippen LogP contribution >= 0.6 is 0 Å². The number of halogens is 1. The summed E-state index contributed by atoms with van der Waals surface area (Å²) in [6.07, 6.45) is 1.85. The Labute approximate surface area is 139 Å². The minimum Gasteiger partial charge on any atom is -0.444 e. The summed E-state index contributed by atoms with van der Waals surface area (Å²) < 4.78 is 45.0. The average molecular weight is 346 g/mol. The zero-order chi connectivity index (χ0) is 17.0. The highest BCUT2D eigenvalue weighted by Gasteiger charge is 2.13. The Bertz CT molecular complexity index is 907. The van der Waals surface area contributed by atoms with Gasteiger partial charge < -0.3 is 4.42 Å². The Kier molecular flexibility index (Phi) is 4.73. The molecule has 5 nitrogen and oxygen atoms in total. The fourth-order valence-corrected chi connectivity index (χ4v) is 3.20. The van der Waals surface area contributed by atoms with Gasteiger partial charge in [0, 0.05) is 18.5 Å². The van der Waals surface area contributed by atoms with Crippen molar-refractivity contribution in [2.45, 2.75) is 11.3 Å². The van der Waals surface area contributed by atoms with E-state index in [-0.39, 0.29) is 17.3 Å². The molecule has 0 saturated carbocycles. The lowest BCUT2D eigenvalue weighted by Crippen LogP contribution is -2.26. The molecule has 0 aliphatic rings. The predicted octanol–water partition coefficient (Wildman–Crippen LogP) is 3.00. The van der Waals surface area contributed by atoms with Gasteiger partial charge in [0.05, 0.1) is 10.6 Å². The molecule has 0 aliphatic heterocycles. The minimum absolute atomic E-state index is 0.201. The number of oxazole rings is 1. The van der Waals surface area contributed by atoms with Crippen LogP contribution in [0.2, 0.25) is 0 Å². The number of hydrogen-bond donors (Lipinski definition) is 1. The maximum atomic E-state index is 12.9. The Balaban J connectivity index is 1.61. The third-order valence-corrected chi connectivity index (χ3v) is 4.85. The number of sulfonamides is 1. The molecule has 1 heterocycles. The van der Waals surface area contributed by atoms with E-state index >= 15 is 0 Å². The SMILES string of the molecule is O=S(=O)(NCCc1coc(-c2ccc(F)cc2)n1)c1ccccc1. The lowest BCUT2D eigenvalue weighted by atomic mass is 10.2. The highest BCUT2D eigenvalue weighted by atomic mass is 32.2. The van der Waals surface area contributed by atoms with Crippen LogP contribution in [0.4, 0.5) is 4.39 Å². The third kappa shape index (κ3) is 3.87. The van der Waals surface area contributed by atoms with E-state index in [2.05, 4.69) is 9.71 Å². The molecule has 0 saturated heterocycles. The van der Waals surface area contributed by atoms with Crippen molar-refractivity contribution < 1.29 is 17.2 Å². The molecule has 0 amide bonds. The summed E-state index contributed by atoms with van der Waals surface area (Å²) in [6.45, 7) is 0.201. The molecular weight excluding hydrogens is 331 g/mol. The van der Waals surface area contributed by atoms with Gasteiger partial charge in [-0.05, 0) is 36.4 Å². The molecule has 3 rings (SSSR count). The van der Waals surface area contributed by atoms with E-state index in [9.17, 15) is 12.8 Å². The fourth-order valence-electron chi connectivity index (χ4n) is 2.14. The van der Waals surface area contributed by atoms with E-state index < -0.39 is 10.0 Å². The van der Waals surface area contributed by atoms with Gasteiger partial charge in [-0.1, -0.05) is 18.2 Å². The van der Waals surface area contributed by atoms with Crippen LogP contribution < -0.4 is 4.72 Å². The molecule has 0 radical (unpaired) electrons. The molecule has 1 N–H and O–H groups in total. The first-order valence-corrected chi connectivity index (χ1v) is 8.78. The van der Waals surface area contributed by atoms with Crippen LogP contribution in [-0.2, 0) is 16.4 Å². The first-order chi connectivity index (χ1) is 11.5. The molecule has 0 spiro atoms. The van der Waals surface area contributed by atoms with E-state index in [1.165, 1.54) is 30.5 Å². The van der Waals surface area contributed by atoms with E-state index in [1.54, 1.807) is 30.3 Å². The van der Waals surface area contributed by atoms with Crippen LogP contribution in [0.25, 0.3) is 11.5 Å². The Morgan fingerprint density at radius 3 is 2.46 bits per heavy atom. The molecule has 2 aromatic carbocycles. The second kappa shape index (κ2) is 6.94. The number of aromatic nitrogens is 1. The molecule has 124 valence electrons. The number of hydrogen-bond acceptors (Lipinski definition) is 4. The molecule has 0 fully saturated rings. The smallest absolute Gasteiger partial charge is 0.240 e. The van der Waals surface area contributed by atoms with Gasteiger partial charge in [0.1, 0.15) is 12.1 Å². The normalized spacial score (nSPS) is 11.5. The van der Waals surface area contributed by atoms with Crippen molar-refractivity contribution in [3.05, 3.63) is 72.4 Å². The standard InChI is InChI=1S/C17H15FN2O3S/c18-14-8-6-13(7-9-14)17-20-15(12-23-17)10-11-19-24(21,22)16-4-2-1-3-5-16/h1-9,12,19H,10-11H2. The van der Waals surface area contributed by atoms with Crippen LogP contribution in [0.3, 0.4) is 0 Å². The zero-order valence-corrected chi connectivity index (χ0v) is 13.5. The van der Waals surface area contributed by atoms with Gasteiger partial charge in [0.2, 0.25) is 15.9 Å². The Morgan fingerprint density at radius 1 is 1.04 bits per heavy atom. The second-order valence-electron chi connectivity index (χ2n) is 5.11. The van der Waals surface area contributed by atoms with E-state index in [0.29, 0.717) is 23.6 Å². The van der Waals surface area contributed by atoms with E-state index in [4.69, 9.17) is 4.42 Å². The molecule has 0 bridgehead atoms. The van der Waals surface area contributed by atoms with Crippen LogP contribution in [-0.4, -0.2) is 19.9 Å². The van der Waals surface area contributed by atoms with Gasteiger partial charge in [-0.15, -0.1) is 0 Å². The molecule has 0 unspecified atom stereocenters. The van der Waals surface area contributed by atoms with Crippen molar-refractivity contribution in [2.75, 3.05) is 6.54 Å². The average Bonchev–Trinajstić information content (AvgIpc) is 3.05. The van der Waals surface area contributed by atoms with Crippen LogP contribution in [0.15, 0.2) is 70.2 Å². The molecular formula is C17H15FN2O3S. The number of nitrogens with one attached hydrogen (secondary N) is 1. The summed E-state index contributed by atoms with van der Waals surface area (Å²) in [5.74, 6) is 0.0387. The summed E-state index contributed by atoms with van der Waals surface area (Å²) in [5, 5.41) is 0. The van der Waals surface area contributed by atoms with Gasteiger partial charge in [-0.3, -0.25) is 0 Å². The molecule has 0 atom stereocenters. The van der Waals surface area contributed by atoms with Crippen molar-refractivity contribution in [1.82, 2.24) is 9.71 Å². The van der Waals surface area contributed by atoms with Gasteiger partial charge in [-0.2, -0.15) is 0 Å². The fraction of sp³-hybridized carbons (Fsp3) is 0.118. The lowest BCUT2D eigenvalue weighted by molar-refractivity contribution is 0.570. The summed E-state index contributed by atoms with van der Waals surface area (Å²) in [5.41, 5.74) is 1.28. The zero-order valence-electron chi connectivity index (χ0n) is 12.6. The van der Waals surface area contributed by atoms with Gasteiger partial charge in [0.15, 0.2) is 0 Å². The highest BCUT2D eigenvalue weighted by molar-refractivity contribution is 7.89. The summed E-state index contributed by atoms with van der Waals surface area (Å²) in [7, 11) is -3.53. The first-order valence-electron chi connectivity index (χ1n) is 7.30. The third-order valence-electron chi connectivity index (χ3n) is 3.37. The lowest BCUT2D eigenvalue weighted by Gasteiger charge is -2.05. The van der Waals surface area contributed by atoms with Crippen molar-refractivity contribution >= 4 is 10.0 Å². The molecule has 3 aromatic rings. The second-order valence-corrected chi connectivity index (χ2v) is 6.88. The number of rotatable bonds is 6. The molecule has 0 aliphatic carbocycles. The van der Waals surface area contributed by atoms with E-state index in [0.717, 1.165) is 0 Å². The van der Waals surface area contributed by atoms with Crippen LogP contribution in [0, 0.1) is 5.82 Å². The quantitative estimate of drug-likeness (QED) is 0.745. The predicted molar refractivity (Wildman–Crippen MR) is 87.2 cm³/mol. The minimum atomic E-state index is -3.53. The Morgan fingerprint density at radius 2 is 1.75 bits per heavy atom. The van der Waals surface area contributed by atoms with Crippen molar-refractivity contribution in [3.8, 4) is 11.5 Å². The van der Waals surface area contributed by atoms with Gasteiger partial charge in [-0.25, -0.2) is 22.5 Å². The molecule has 7 heteroatoms.